The number of amides is 2. The van der Waals surface area contributed by atoms with E-state index in [2.05, 4.69) is 44.7 Å². The molecule has 2 N–H and O–H groups in total. The molecule has 0 radical (unpaired) electrons. The lowest BCUT2D eigenvalue weighted by atomic mass is 10.0. The Kier molecular flexibility index (Phi) is 7.45. The van der Waals surface area contributed by atoms with Crippen molar-refractivity contribution in [3.63, 3.8) is 0 Å². The quantitative estimate of drug-likeness (QED) is 0.728. The van der Waals surface area contributed by atoms with Gasteiger partial charge in [-0.2, -0.15) is 0 Å². The monoisotopic (exact) mass is 360 g/mol. The molecular formula is C20H32N4O2. The number of carbonyl (C=O) groups excluding carboxylic acids is 2. The second-order valence-electron chi connectivity index (χ2n) is 7.56. The van der Waals surface area contributed by atoms with Crippen LogP contribution in [0.5, 0.6) is 0 Å². The van der Waals surface area contributed by atoms with Gasteiger partial charge in [0.05, 0.1) is 6.04 Å². The maximum Gasteiger partial charge on any atom is 0.309 e. The summed E-state index contributed by atoms with van der Waals surface area (Å²) in [4.78, 5) is 28.4. The van der Waals surface area contributed by atoms with Crippen LogP contribution in [0.3, 0.4) is 0 Å². The van der Waals surface area contributed by atoms with Crippen LogP contribution in [0.2, 0.25) is 0 Å². The predicted octanol–water partition coefficient (Wildman–Crippen LogP) is 1.78. The second-order valence-corrected chi connectivity index (χ2v) is 7.56. The molecule has 0 bridgehead atoms. The minimum atomic E-state index is -0.556. The highest BCUT2D eigenvalue weighted by molar-refractivity contribution is 6.35. The molecule has 1 aliphatic heterocycles. The van der Waals surface area contributed by atoms with Crippen LogP contribution in [-0.4, -0.2) is 57.0 Å². The van der Waals surface area contributed by atoms with Crippen LogP contribution >= 0.6 is 0 Å². The van der Waals surface area contributed by atoms with Crippen molar-refractivity contribution in [1.29, 1.82) is 0 Å². The molecule has 6 heteroatoms. The van der Waals surface area contributed by atoms with Crippen molar-refractivity contribution in [2.24, 2.45) is 5.92 Å². The van der Waals surface area contributed by atoms with E-state index in [-0.39, 0.29) is 6.04 Å². The Morgan fingerprint density at radius 1 is 1.00 bits per heavy atom. The smallest absolute Gasteiger partial charge is 0.309 e. The zero-order chi connectivity index (χ0) is 19.1. The van der Waals surface area contributed by atoms with Crippen molar-refractivity contribution < 1.29 is 9.59 Å². The van der Waals surface area contributed by atoms with Gasteiger partial charge in [-0.05, 0) is 49.5 Å². The van der Waals surface area contributed by atoms with Crippen LogP contribution in [0.1, 0.15) is 38.3 Å². The van der Waals surface area contributed by atoms with E-state index in [0.29, 0.717) is 19.0 Å². The number of nitrogens with zero attached hydrogens (tertiary/aromatic N) is 2. The van der Waals surface area contributed by atoms with E-state index in [0.717, 1.165) is 18.8 Å². The Balaban J connectivity index is 2.01. The van der Waals surface area contributed by atoms with E-state index in [1.807, 2.05) is 27.9 Å². The third-order valence-corrected chi connectivity index (χ3v) is 4.71. The van der Waals surface area contributed by atoms with Crippen LogP contribution in [0.25, 0.3) is 0 Å². The van der Waals surface area contributed by atoms with Crippen molar-refractivity contribution in [2.45, 2.75) is 32.7 Å². The number of hydrogen-bond acceptors (Lipinski definition) is 4. The molecule has 0 unspecified atom stereocenters. The molecule has 1 aliphatic rings. The second kappa shape index (κ2) is 9.57. The lowest BCUT2D eigenvalue weighted by Gasteiger charge is -2.28. The molecule has 1 heterocycles. The summed E-state index contributed by atoms with van der Waals surface area (Å²) in [5, 5.41) is 5.48. The summed E-state index contributed by atoms with van der Waals surface area (Å²) in [6.45, 7) is 6.99. The van der Waals surface area contributed by atoms with Gasteiger partial charge < -0.3 is 15.5 Å². The topological polar surface area (TPSA) is 64.7 Å². The lowest BCUT2D eigenvalue weighted by Crippen LogP contribution is -2.44. The van der Waals surface area contributed by atoms with Crippen molar-refractivity contribution in [1.82, 2.24) is 15.5 Å². The summed E-state index contributed by atoms with van der Waals surface area (Å²) >= 11 is 0. The molecule has 0 saturated carbocycles. The highest BCUT2D eigenvalue weighted by Gasteiger charge is 2.25. The van der Waals surface area contributed by atoms with Crippen LogP contribution in [0, 0.1) is 5.92 Å². The zero-order valence-electron chi connectivity index (χ0n) is 16.4. The Labute approximate surface area is 156 Å². The number of nitrogens with one attached hydrogen (secondary N) is 2. The molecule has 6 nitrogen and oxygen atoms in total. The van der Waals surface area contributed by atoms with E-state index in [1.165, 1.54) is 18.4 Å². The maximum atomic E-state index is 12.1. The standard InChI is InChI=1S/C20H32N4O2/c1-15(2)13-21-19(25)20(26)22-14-18(24-11-5-6-12-24)16-7-9-17(10-8-16)23(3)4/h7-10,15,18H,5-6,11-14H2,1-4H3,(H,21,25)(H,22,26)/t18-/m1/s1. The molecule has 2 rings (SSSR count). The van der Waals surface area contributed by atoms with Gasteiger partial charge in [0.15, 0.2) is 0 Å². The number of anilines is 1. The highest BCUT2D eigenvalue weighted by Crippen LogP contribution is 2.26. The first-order valence-corrected chi connectivity index (χ1v) is 9.46. The van der Waals surface area contributed by atoms with Crippen LogP contribution in [0.15, 0.2) is 24.3 Å². The Morgan fingerprint density at radius 2 is 1.54 bits per heavy atom. The Morgan fingerprint density at radius 3 is 2.04 bits per heavy atom. The fourth-order valence-corrected chi connectivity index (χ4v) is 3.15. The molecule has 0 aliphatic carbocycles. The normalized spacial score (nSPS) is 15.7. The molecule has 1 saturated heterocycles. The molecule has 1 atom stereocenters. The van der Waals surface area contributed by atoms with E-state index in [4.69, 9.17) is 0 Å². The highest BCUT2D eigenvalue weighted by atomic mass is 16.2. The number of hydrogen-bond donors (Lipinski definition) is 2. The molecular weight excluding hydrogens is 328 g/mol. The van der Waals surface area contributed by atoms with Crippen LogP contribution in [-0.2, 0) is 9.59 Å². The third-order valence-electron chi connectivity index (χ3n) is 4.71. The Hall–Kier alpha value is -2.08. The van der Waals surface area contributed by atoms with Crippen molar-refractivity contribution in [2.75, 3.05) is 45.2 Å². The summed E-state index contributed by atoms with van der Waals surface area (Å²) in [6, 6.07) is 8.51. The van der Waals surface area contributed by atoms with E-state index in [9.17, 15) is 9.59 Å². The minimum Gasteiger partial charge on any atom is -0.378 e. The first kappa shape index (κ1) is 20.2. The number of rotatable bonds is 7. The average Bonchev–Trinajstić information content (AvgIpc) is 3.14. The maximum absolute atomic E-state index is 12.1. The summed E-state index contributed by atoms with van der Waals surface area (Å²) < 4.78 is 0. The predicted molar refractivity (Wildman–Crippen MR) is 105 cm³/mol. The fourth-order valence-electron chi connectivity index (χ4n) is 3.15. The molecule has 26 heavy (non-hydrogen) atoms. The largest absolute Gasteiger partial charge is 0.378 e. The summed E-state index contributed by atoms with van der Waals surface area (Å²) in [7, 11) is 4.03. The zero-order valence-corrected chi connectivity index (χ0v) is 16.4. The number of benzene rings is 1. The molecule has 0 aromatic heterocycles. The summed E-state index contributed by atoms with van der Waals surface area (Å²) in [5.41, 5.74) is 2.31. The van der Waals surface area contributed by atoms with Gasteiger partial charge in [0.2, 0.25) is 0 Å². The van der Waals surface area contributed by atoms with E-state index >= 15 is 0 Å². The average molecular weight is 361 g/mol. The van der Waals surface area contributed by atoms with Gasteiger partial charge in [-0.1, -0.05) is 26.0 Å². The molecule has 1 aromatic rings. The Bertz CT molecular complexity index is 592. The summed E-state index contributed by atoms with van der Waals surface area (Å²) in [6.07, 6.45) is 2.35. The molecule has 2 amide bonds. The number of carbonyl (C=O) groups is 2. The van der Waals surface area contributed by atoms with Crippen molar-refractivity contribution >= 4 is 17.5 Å². The van der Waals surface area contributed by atoms with E-state index < -0.39 is 11.8 Å². The molecule has 1 fully saturated rings. The van der Waals surface area contributed by atoms with Crippen molar-refractivity contribution in [3.8, 4) is 0 Å². The number of likely N-dealkylation sites (tertiary alicyclic amines) is 1. The van der Waals surface area contributed by atoms with Gasteiger partial charge in [-0.15, -0.1) is 0 Å². The molecule has 1 aromatic carbocycles. The lowest BCUT2D eigenvalue weighted by molar-refractivity contribution is -0.139. The van der Waals surface area contributed by atoms with Gasteiger partial charge in [0, 0.05) is 32.9 Å². The fraction of sp³-hybridized carbons (Fsp3) is 0.600. The van der Waals surface area contributed by atoms with Gasteiger partial charge in [0.1, 0.15) is 0 Å². The summed E-state index contributed by atoms with van der Waals surface area (Å²) in [5.74, 6) is -0.791. The van der Waals surface area contributed by atoms with Gasteiger partial charge in [-0.25, -0.2) is 0 Å². The van der Waals surface area contributed by atoms with Crippen LogP contribution < -0.4 is 15.5 Å². The van der Waals surface area contributed by atoms with Gasteiger partial charge in [-0.3, -0.25) is 14.5 Å². The van der Waals surface area contributed by atoms with Gasteiger partial charge >= 0.3 is 11.8 Å². The first-order valence-electron chi connectivity index (χ1n) is 9.46. The van der Waals surface area contributed by atoms with Crippen LogP contribution in [0.4, 0.5) is 5.69 Å². The minimum absolute atomic E-state index is 0.0931. The van der Waals surface area contributed by atoms with Gasteiger partial charge in [0.25, 0.3) is 0 Å². The molecule has 144 valence electrons. The SMILES string of the molecule is CC(C)CNC(=O)C(=O)NC[C@H](c1ccc(N(C)C)cc1)N1CCCC1. The third kappa shape index (κ3) is 5.73. The van der Waals surface area contributed by atoms with E-state index in [1.54, 1.807) is 0 Å². The first-order chi connectivity index (χ1) is 12.4. The molecule has 0 spiro atoms. The van der Waals surface area contributed by atoms with Crippen molar-refractivity contribution in [3.05, 3.63) is 29.8 Å².